The second kappa shape index (κ2) is 7.24. The Balaban J connectivity index is 1.67. The highest BCUT2D eigenvalue weighted by Crippen LogP contribution is 2.33. The van der Waals surface area contributed by atoms with Crippen molar-refractivity contribution in [3.8, 4) is 0 Å². The molecule has 3 N–H and O–H groups in total. The lowest BCUT2D eigenvalue weighted by atomic mass is 10.1. The molecule has 26 heavy (non-hydrogen) atoms. The first-order valence-electron chi connectivity index (χ1n) is 8.75. The number of rotatable bonds is 5. The van der Waals surface area contributed by atoms with Crippen molar-refractivity contribution in [3.05, 3.63) is 11.6 Å². The van der Waals surface area contributed by atoms with Gasteiger partial charge in [0.05, 0.1) is 12.9 Å². The van der Waals surface area contributed by atoms with E-state index in [1.54, 1.807) is 4.57 Å². The lowest BCUT2D eigenvalue weighted by molar-refractivity contribution is -0.0580. The van der Waals surface area contributed by atoms with E-state index in [1.165, 1.54) is 26.3 Å². The fourth-order valence-electron chi connectivity index (χ4n) is 3.70. The Morgan fingerprint density at radius 2 is 2.08 bits per heavy atom. The van der Waals surface area contributed by atoms with Gasteiger partial charge in [0.25, 0.3) is 0 Å². The summed E-state index contributed by atoms with van der Waals surface area (Å²) in [5.41, 5.74) is 1.00. The molecule has 4 rings (SSSR count). The Hall–Kier alpha value is -1.52. The van der Waals surface area contributed by atoms with Gasteiger partial charge >= 0.3 is 0 Å². The first kappa shape index (κ1) is 17.9. The molecule has 1 saturated carbocycles. The number of hydrogen-bond acceptors (Lipinski definition) is 8. The summed E-state index contributed by atoms with van der Waals surface area (Å²) in [4.78, 5) is 12.9. The van der Waals surface area contributed by atoms with Crippen LogP contribution in [0.15, 0.2) is 6.33 Å². The molecule has 0 amide bonds. The predicted molar refractivity (Wildman–Crippen MR) is 94.0 cm³/mol. The summed E-state index contributed by atoms with van der Waals surface area (Å²) in [5.74, 6) is 0.576. The van der Waals surface area contributed by atoms with Crippen molar-refractivity contribution in [1.29, 1.82) is 0 Å². The number of hydrogen-bond donors (Lipinski definition) is 3. The van der Waals surface area contributed by atoms with E-state index in [4.69, 9.17) is 21.1 Å². The lowest BCUT2D eigenvalue weighted by Crippen LogP contribution is -2.33. The second-order valence-electron chi connectivity index (χ2n) is 6.79. The predicted octanol–water partition coefficient (Wildman–Crippen LogP) is 1.10. The van der Waals surface area contributed by atoms with Gasteiger partial charge in [-0.2, -0.15) is 9.97 Å². The quantitative estimate of drug-likeness (QED) is 0.657. The topological polar surface area (TPSA) is 115 Å². The van der Waals surface area contributed by atoms with Crippen LogP contribution in [0.3, 0.4) is 0 Å². The van der Waals surface area contributed by atoms with E-state index >= 15 is 0 Å². The molecule has 1 aliphatic heterocycles. The van der Waals surface area contributed by atoms with Crippen LogP contribution in [-0.4, -0.2) is 67.8 Å². The molecule has 0 spiro atoms. The van der Waals surface area contributed by atoms with Crippen LogP contribution in [0.5, 0.6) is 0 Å². The molecule has 10 heteroatoms. The molecule has 0 aromatic carbocycles. The maximum absolute atomic E-state index is 10.4. The van der Waals surface area contributed by atoms with Gasteiger partial charge in [-0.05, 0) is 24.4 Å². The average Bonchev–Trinajstić information content (AvgIpc) is 3.32. The summed E-state index contributed by atoms with van der Waals surface area (Å²) in [7, 11) is 1.51. The fourth-order valence-corrected chi connectivity index (χ4v) is 3.87. The molecule has 4 atom stereocenters. The standard InChI is InChI=1S/C16H22ClN5O4/c1-25-6-9-11(23)12(24)15(26-9)22-7-18-10-13(19-8-4-2-3-5-8)20-16(17)21-14(10)22/h7-9,11-12,15,23-24H,2-6H2,1H3,(H,19,20,21)/t9-,11-,12-,15-/m0/s1. The number of imidazole rings is 1. The number of aromatic nitrogens is 4. The molecule has 2 aromatic rings. The Labute approximate surface area is 155 Å². The highest BCUT2D eigenvalue weighted by Gasteiger charge is 2.44. The number of fused-ring (bicyclic) bond motifs is 1. The number of aliphatic hydroxyl groups is 2. The number of methoxy groups -OCH3 is 1. The van der Waals surface area contributed by atoms with Gasteiger partial charge < -0.3 is 25.0 Å². The number of anilines is 1. The molecule has 0 unspecified atom stereocenters. The van der Waals surface area contributed by atoms with Crippen LogP contribution in [0.25, 0.3) is 11.2 Å². The highest BCUT2D eigenvalue weighted by atomic mass is 35.5. The van der Waals surface area contributed by atoms with Crippen molar-refractivity contribution in [1.82, 2.24) is 19.5 Å². The first-order chi connectivity index (χ1) is 12.6. The van der Waals surface area contributed by atoms with Gasteiger partial charge in [0.1, 0.15) is 18.3 Å². The zero-order valence-corrected chi connectivity index (χ0v) is 15.1. The molecule has 1 saturated heterocycles. The number of aliphatic hydroxyl groups excluding tert-OH is 2. The summed E-state index contributed by atoms with van der Waals surface area (Å²) in [5, 5.41) is 24.0. The van der Waals surface area contributed by atoms with Crippen molar-refractivity contribution in [2.24, 2.45) is 0 Å². The molecule has 2 fully saturated rings. The van der Waals surface area contributed by atoms with E-state index in [2.05, 4.69) is 20.3 Å². The van der Waals surface area contributed by atoms with Gasteiger partial charge in [-0.3, -0.25) is 4.57 Å². The SMILES string of the molecule is COC[C@@H]1O[C@H](n2cnc3c(NC4CCCC4)nc(Cl)nc32)[C@@H](O)[C@H]1O. The Morgan fingerprint density at radius 1 is 1.31 bits per heavy atom. The summed E-state index contributed by atoms with van der Waals surface area (Å²) in [6, 6.07) is 0.343. The van der Waals surface area contributed by atoms with Crippen LogP contribution in [0.1, 0.15) is 31.9 Å². The lowest BCUT2D eigenvalue weighted by Gasteiger charge is -2.17. The molecule has 2 aromatic heterocycles. The molecule has 142 valence electrons. The van der Waals surface area contributed by atoms with Crippen molar-refractivity contribution in [3.63, 3.8) is 0 Å². The molecular weight excluding hydrogens is 362 g/mol. The van der Waals surface area contributed by atoms with E-state index in [0.717, 1.165) is 12.8 Å². The summed E-state index contributed by atoms with van der Waals surface area (Å²) >= 11 is 6.11. The number of nitrogens with zero attached hydrogens (tertiary/aromatic N) is 4. The molecule has 3 heterocycles. The van der Waals surface area contributed by atoms with Crippen molar-refractivity contribution >= 4 is 28.6 Å². The van der Waals surface area contributed by atoms with Crippen LogP contribution in [0.2, 0.25) is 5.28 Å². The molecular formula is C16H22ClN5O4. The Bertz CT molecular complexity index is 781. The summed E-state index contributed by atoms with van der Waals surface area (Å²) in [6.45, 7) is 0.172. The van der Waals surface area contributed by atoms with Gasteiger partial charge in [0, 0.05) is 13.2 Å². The first-order valence-corrected chi connectivity index (χ1v) is 9.13. The van der Waals surface area contributed by atoms with Crippen molar-refractivity contribution < 1.29 is 19.7 Å². The monoisotopic (exact) mass is 383 g/mol. The zero-order chi connectivity index (χ0) is 18.3. The maximum atomic E-state index is 10.4. The van der Waals surface area contributed by atoms with E-state index in [9.17, 15) is 10.2 Å². The van der Waals surface area contributed by atoms with Crippen molar-refractivity contribution in [2.75, 3.05) is 19.0 Å². The summed E-state index contributed by atoms with van der Waals surface area (Å²) < 4.78 is 12.4. The van der Waals surface area contributed by atoms with Crippen molar-refractivity contribution in [2.45, 2.75) is 56.3 Å². The normalized spacial score (nSPS) is 29.7. The molecule has 1 aliphatic carbocycles. The van der Waals surface area contributed by atoms with Gasteiger partial charge in [-0.1, -0.05) is 12.8 Å². The third-order valence-electron chi connectivity index (χ3n) is 5.03. The van der Waals surface area contributed by atoms with E-state index in [1.807, 2.05) is 0 Å². The third kappa shape index (κ3) is 3.14. The number of ether oxygens (including phenoxy) is 2. The Kier molecular flexibility index (Phi) is 4.98. The van der Waals surface area contributed by atoms with Crippen LogP contribution < -0.4 is 5.32 Å². The van der Waals surface area contributed by atoms with E-state index < -0.39 is 24.5 Å². The average molecular weight is 384 g/mol. The van der Waals surface area contributed by atoms with Crippen LogP contribution in [0.4, 0.5) is 5.82 Å². The van der Waals surface area contributed by atoms with Gasteiger partial charge in [-0.25, -0.2) is 4.98 Å². The van der Waals surface area contributed by atoms with Gasteiger partial charge in [0.15, 0.2) is 23.2 Å². The minimum absolute atomic E-state index is 0.0845. The Morgan fingerprint density at radius 3 is 2.81 bits per heavy atom. The van der Waals surface area contributed by atoms with E-state index in [-0.39, 0.29) is 11.9 Å². The largest absolute Gasteiger partial charge is 0.387 e. The second-order valence-corrected chi connectivity index (χ2v) is 7.13. The molecule has 0 radical (unpaired) electrons. The number of nitrogens with one attached hydrogen (secondary N) is 1. The van der Waals surface area contributed by atoms with Crippen LogP contribution in [0, 0.1) is 0 Å². The molecule has 9 nitrogen and oxygen atoms in total. The maximum Gasteiger partial charge on any atom is 0.226 e. The summed E-state index contributed by atoms with van der Waals surface area (Å²) in [6.07, 6.45) is 2.40. The van der Waals surface area contributed by atoms with Crippen LogP contribution in [-0.2, 0) is 9.47 Å². The zero-order valence-electron chi connectivity index (χ0n) is 14.4. The van der Waals surface area contributed by atoms with E-state index in [0.29, 0.717) is 23.0 Å². The fraction of sp³-hybridized carbons (Fsp3) is 0.688. The third-order valence-corrected chi connectivity index (χ3v) is 5.20. The van der Waals surface area contributed by atoms with Crippen LogP contribution >= 0.6 is 11.6 Å². The highest BCUT2D eigenvalue weighted by molar-refractivity contribution is 6.28. The van der Waals surface area contributed by atoms with Gasteiger partial charge in [0.2, 0.25) is 5.28 Å². The molecule has 0 bridgehead atoms. The minimum atomic E-state index is -1.13. The smallest absolute Gasteiger partial charge is 0.226 e. The minimum Gasteiger partial charge on any atom is -0.387 e. The van der Waals surface area contributed by atoms with Gasteiger partial charge in [-0.15, -0.1) is 0 Å². The number of halogens is 1. The molecule has 2 aliphatic rings.